The molecule has 0 aromatic carbocycles. The third kappa shape index (κ3) is 4.98. The molecule has 3 heterocycles. The quantitative estimate of drug-likeness (QED) is 0.138. The van der Waals surface area contributed by atoms with E-state index in [1.807, 2.05) is 0 Å². The number of nitrogens with one attached hydrogen (secondary N) is 2. The Morgan fingerprint density at radius 1 is 1.47 bits per heavy atom. The fourth-order valence-electron chi connectivity index (χ4n) is 4.26. The number of β-amino-alcohol motifs (C(OH)–C–C–N with tert-alkyl or cyclic N) is 1. The lowest BCUT2D eigenvalue weighted by Gasteiger charge is -2.46. The summed E-state index contributed by atoms with van der Waals surface area (Å²) in [5.74, 6) is -0.772. The summed E-state index contributed by atoms with van der Waals surface area (Å²) in [4.78, 5) is 46.8. The topological polar surface area (TPSA) is 238 Å². The van der Waals surface area contributed by atoms with Crippen LogP contribution in [-0.2, 0) is 19.1 Å². The van der Waals surface area contributed by atoms with Gasteiger partial charge in [-0.2, -0.15) is 0 Å². The minimum atomic E-state index is -1.55. The first kappa shape index (κ1) is 25.4. The van der Waals surface area contributed by atoms with Crippen LogP contribution in [0.1, 0.15) is 0 Å². The number of ether oxygens (including phenoxy) is 2. The van der Waals surface area contributed by atoms with Crippen molar-refractivity contribution in [1.82, 2.24) is 20.4 Å². The lowest BCUT2D eigenvalue weighted by molar-refractivity contribution is -0.214. The zero-order chi connectivity index (χ0) is 25.2. The summed E-state index contributed by atoms with van der Waals surface area (Å²) >= 11 is 0. The van der Waals surface area contributed by atoms with Gasteiger partial charge in [-0.1, -0.05) is 0 Å². The standard InChI is InChI=1S/C18H30N8O8/c1-25-4-7(28)10-11(16(25)31)23-18(22-10)24-15-12(26(2)9(29)3-21-6-19)13(30)14(34-17(20)32)8(5-27)33-15/h6-8,10-15,27-28,30H,3-5H2,1-2H3,(H2,19,21)(H2,20,32)(H2,22,23,24)/t7-,8-,10-,11+,12-,13+,14+,15-/m1/s1. The zero-order valence-corrected chi connectivity index (χ0v) is 18.6. The van der Waals surface area contributed by atoms with Crippen LogP contribution in [0.25, 0.3) is 0 Å². The van der Waals surface area contributed by atoms with Crippen LogP contribution in [0, 0.1) is 0 Å². The monoisotopic (exact) mass is 486 g/mol. The van der Waals surface area contributed by atoms with Crippen LogP contribution in [0.4, 0.5) is 4.79 Å². The van der Waals surface area contributed by atoms with Crippen molar-refractivity contribution < 1.29 is 39.2 Å². The molecule has 8 atom stereocenters. The maximum Gasteiger partial charge on any atom is 0.404 e. The van der Waals surface area contributed by atoms with Crippen LogP contribution in [0.5, 0.6) is 0 Å². The smallest absolute Gasteiger partial charge is 0.404 e. The lowest BCUT2D eigenvalue weighted by atomic mass is 9.94. The number of hydrogen-bond donors (Lipinski definition) is 7. The van der Waals surface area contributed by atoms with E-state index in [4.69, 9.17) is 20.9 Å². The number of nitrogens with two attached hydrogens (primary N) is 2. The molecule has 3 rings (SSSR count). The number of primary amides is 1. The van der Waals surface area contributed by atoms with Gasteiger partial charge in [-0.15, -0.1) is 0 Å². The van der Waals surface area contributed by atoms with Gasteiger partial charge in [0, 0.05) is 20.6 Å². The number of hydrogen-bond acceptors (Lipinski definition) is 12. The molecular weight excluding hydrogens is 456 g/mol. The second kappa shape index (κ2) is 10.4. The minimum Gasteiger partial charge on any atom is -0.441 e. The Balaban J connectivity index is 1.87. The van der Waals surface area contributed by atoms with Gasteiger partial charge in [0.2, 0.25) is 11.8 Å². The lowest BCUT2D eigenvalue weighted by Crippen LogP contribution is -2.70. The van der Waals surface area contributed by atoms with Crippen molar-refractivity contribution in [2.75, 3.05) is 33.8 Å². The number of likely N-dealkylation sites (N-methyl/N-ethyl adjacent to an activating group) is 2. The molecule has 0 radical (unpaired) electrons. The third-order valence-electron chi connectivity index (χ3n) is 5.98. The number of amides is 3. The summed E-state index contributed by atoms with van der Waals surface area (Å²) in [6.45, 7) is -0.860. The first-order chi connectivity index (χ1) is 16.1. The molecule has 3 amide bonds. The molecule has 0 bridgehead atoms. The number of piperidine rings is 1. The molecule has 0 unspecified atom stereocenters. The second-order valence-electron chi connectivity index (χ2n) is 8.18. The van der Waals surface area contributed by atoms with Gasteiger partial charge < -0.3 is 56.7 Å². The predicted octanol–water partition coefficient (Wildman–Crippen LogP) is -5.54. The second-order valence-corrected chi connectivity index (χ2v) is 8.18. The average Bonchev–Trinajstić information content (AvgIpc) is 3.21. The number of carbonyl (C=O) groups is 3. The number of aliphatic imine (C=N–C) groups is 2. The van der Waals surface area contributed by atoms with Crippen molar-refractivity contribution in [3.8, 4) is 0 Å². The zero-order valence-electron chi connectivity index (χ0n) is 18.6. The molecule has 0 saturated carbocycles. The van der Waals surface area contributed by atoms with E-state index in [1.54, 1.807) is 7.05 Å². The normalized spacial score (nSPS) is 35.4. The molecule has 190 valence electrons. The molecule has 0 aromatic rings. The Kier molecular flexibility index (Phi) is 7.75. The molecule has 3 aliphatic rings. The van der Waals surface area contributed by atoms with Gasteiger partial charge in [0.1, 0.15) is 24.8 Å². The molecule has 16 nitrogen and oxygen atoms in total. The van der Waals surface area contributed by atoms with E-state index in [9.17, 15) is 29.7 Å². The Hall–Kier alpha value is -3.21. The van der Waals surface area contributed by atoms with Crippen LogP contribution >= 0.6 is 0 Å². The van der Waals surface area contributed by atoms with Crippen molar-refractivity contribution >= 4 is 30.2 Å². The van der Waals surface area contributed by atoms with E-state index in [1.165, 1.54) is 11.9 Å². The highest BCUT2D eigenvalue weighted by atomic mass is 16.6. The summed E-state index contributed by atoms with van der Waals surface area (Å²) in [5, 5.41) is 36.9. The molecule has 9 N–H and O–H groups in total. The van der Waals surface area contributed by atoms with Gasteiger partial charge in [0.05, 0.1) is 25.1 Å². The summed E-state index contributed by atoms with van der Waals surface area (Å²) in [6.07, 6.45) is -6.47. The van der Waals surface area contributed by atoms with E-state index in [0.717, 1.165) is 11.2 Å². The highest BCUT2D eigenvalue weighted by molar-refractivity contribution is 5.92. The van der Waals surface area contributed by atoms with E-state index >= 15 is 0 Å². The van der Waals surface area contributed by atoms with Gasteiger partial charge in [-0.25, -0.2) is 9.79 Å². The van der Waals surface area contributed by atoms with E-state index in [-0.39, 0.29) is 25.0 Å². The maximum absolute atomic E-state index is 12.6. The Labute approximate surface area is 194 Å². The molecule has 3 aliphatic heterocycles. The number of aliphatic hydroxyl groups excluding tert-OH is 3. The van der Waals surface area contributed by atoms with Gasteiger partial charge in [0.15, 0.2) is 24.3 Å². The number of likely N-dealkylation sites (tertiary alicyclic amines) is 1. The number of aliphatic hydroxyl groups is 3. The van der Waals surface area contributed by atoms with Crippen molar-refractivity contribution in [3.63, 3.8) is 0 Å². The number of nitrogens with zero attached hydrogens (tertiary/aromatic N) is 4. The first-order valence-corrected chi connectivity index (χ1v) is 10.5. The highest BCUT2D eigenvalue weighted by Crippen LogP contribution is 2.27. The van der Waals surface area contributed by atoms with Crippen LogP contribution < -0.4 is 22.1 Å². The molecule has 0 aromatic heterocycles. The largest absolute Gasteiger partial charge is 0.441 e. The number of carbonyl (C=O) groups excluding carboxylic acids is 3. The Morgan fingerprint density at radius 3 is 2.79 bits per heavy atom. The summed E-state index contributed by atoms with van der Waals surface area (Å²) < 4.78 is 10.8. The molecule has 0 spiro atoms. The number of rotatable bonds is 6. The fraction of sp³-hybridized carbons (Fsp3) is 0.722. The van der Waals surface area contributed by atoms with E-state index < -0.39 is 67.4 Å². The summed E-state index contributed by atoms with van der Waals surface area (Å²) in [6, 6.07) is -2.75. The van der Waals surface area contributed by atoms with Crippen molar-refractivity contribution in [2.45, 2.75) is 48.8 Å². The SMILES string of the molecule is CN1C[C@@H](O)[C@H]2NC(N[C@@H]3O[C@H](CO)[C@H](OC(N)=O)[C@@H](O)[C@H]3N(C)C(=O)CN=CN)=N[C@@H]2C1=O. The van der Waals surface area contributed by atoms with Crippen molar-refractivity contribution in [3.05, 3.63) is 0 Å². The van der Waals surface area contributed by atoms with Crippen molar-refractivity contribution in [1.29, 1.82) is 0 Å². The molecule has 0 aliphatic carbocycles. The Morgan fingerprint density at radius 2 is 2.18 bits per heavy atom. The average molecular weight is 486 g/mol. The van der Waals surface area contributed by atoms with Crippen LogP contribution in [0.3, 0.4) is 0 Å². The van der Waals surface area contributed by atoms with Crippen LogP contribution in [-0.4, -0.2) is 138 Å². The maximum atomic E-state index is 12.6. The summed E-state index contributed by atoms with van der Waals surface area (Å²) in [5.41, 5.74) is 10.3. The summed E-state index contributed by atoms with van der Waals surface area (Å²) in [7, 11) is 2.92. The van der Waals surface area contributed by atoms with E-state index in [2.05, 4.69) is 20.6 Å². The van der Waals surface area contributed by atoms with Crippen LogP contribution in [0.15, 0.2) is 9.98 Å². The van der Waals surface area contributed by atoms with Gasteiger partial charge in [-0.3, -0.25) is 14.6 Å². The van der Waals surface area contributed by atoms with Gasteiger partial charge in [0.25, 0.3) is 0 Å². The molecule has 2 saturated heterocycles. The third-order valence-corrected chi connectivity index (χ3v) is 5.98. The van der Waals surface area contributed by atoms with E-state index in [0.29, 0.717) is 0 Å². The number of fused-ring (bicyclic) bond motifs is 1. The van der Waals surface area contributed by atoms with Gasteiger partial charge >= 0.3 is 6.09 Å². The number of guanidine groups is 1. The van der Waals surface area contributed by atoms with Crippen molar-refractivity contribution in [2.24, 2.45) is 21.5 Å². The molecular formula is C18H30N8O8. The predicted molar refractivity (Wildman–Crippen MR) is 115 cm³/mol. The van der Waals surface area contributed by atoms with Crippen LogP contribution in [0.2, 0.25) is 0 Å². The minimum absolute atomic E-state index is 0.0756. The fourth-order valence-corrected chi connectivity index (χ4v) is 4.26. The van der Waals surface area contributed by atoms with Gasteiger partial charge in [-0.05, 0) is 0 Å². The molecule has 34 heavy (non-hydrogen) atoms. The Bertz CT molecular complexity index is 856. The first-order valence-electron chi connectivity index (χ1n) is 10.5. The molecule has 2 fully saturated rings. The highest BCUT2D eigenvalue weighted by Gasteiger charge is 2.51. The molecule has 16 heteroatoms.